The zero-order chi connectivity index (χ0) is 19.4. The summed E-state index contributed by atoms with van der Waals surface area (Å²) in [6.07, 6.45) is 1.45. The normalized spacial score (nSPS) is 11.1. The van der Waals surface area contributed by atoms with Gasteiger partial charge in [0.1, 0.15) is 22.3 Å². The fourth-order valence-electron chi connectivity index (χ4n) is 2.67. The SMILES string of the molecule is Cc1ccc(-c2csc(/C(C#N)=C/Nc3ccccc3[N+](=O)[O-])n2)c(C)c1. The molecule has 7 heteroatoms. The zero-order valence-corrected chi connectivity index (χ0v) is 15.6. The number of hydrogen-bond acceptors (Lipinski definition) is 6. The minimum absolute atomic E-state index is 0.0545. The van der Waals surface area contributed by atoms with Crippen LogP contribution in [0.5, 0.6) is 0 Å². The predicted octanol–water partition coefficient (Wildman–Crippen LogP) is 5.31. The molecule has 0 bridgehead atoms. The van der Waals surface area contributed by atoms with Crippen molar-refractivity contribution < 1.29 is 4.92 Å². The van der Waals surface area contributed by atoms with Crippen LogP contribution in [0.3, 0.4) is 0 Å². The van der Waals surface area contributed by atoms with Gasteiger partial charge >= 0.3 is 0 Å². The first kappa shape index (κ1) is 18.3. The number of anilines is 1. The molecular formula is C20H16N4O2S. The summed E-state index contributed by atoms with van der Waals surface area (Å²) in [5.41, 5.74) is 4.70. The summed E-state index contributed by atoms with van der Waals surface area (Å²) in [7, 11) is 0. The minimum atomic E-state index is -0.468. The van der Waals surface area contributed by atoms with Crippen molar-refractivity contribution >= 4 is 28.3 Å². The minimum Gasteiger partial charge on any atom is -0.355 e. The van der Waals surface area contributed by atoms with E-state index in [1.807, 2.05) is 31.4 Å². The number of nitrogens with zero attached hydrogens (tertiary/aromatic N) is 3. The van der Waals surface area contributed by atoms with Crippen molar-refractivity contribution in [1.82, 2.24) is 4.98 Å². The molecule has 1 heterocycles. The number of nitro groups is 1. The number of nitrogens with one attached hydrogen (secondary N) is 1. The zero-order valence-electron chi connectivity index (χ0n) is 14.8. The second-order valence-electron chi connectivity index (χ2n) is 5.94. The largest absolute Gasteiger partial charge is 0.355 e. The first-order valence-corrected chi connectivity index (χ1v) is 9.01. The van der Waals surface area contributed by atoms with Crippen LogP contribution in [0.1, 0.15) is 16.1 Å². The summed E-state index contributed by atoms with van der Waals surface area (Å²) in [5.74, 6) is 0. The van der Waals surface area contributed by atoms with Gasteiger partial charge in [-0.15, -0.1) is 11.3 Å². The maximum Gasteiger partial charge on any atom is 0.292 e. The average Bonchev–Trinajstić information content (AvgIpc) is 3.12. The molecule has 27 heavy (non-hydrogen) atoms. The van der Waals surface area contributed by atoms with E-state index in [-0.39, 0.29) is 5.69 Å². The molecule has 0 aliphatic rings. The lowest BCUT2D eigenvalue weighted by molar-refractivity contribution is -0.383. The lowest BCUT2D eigenvalue weighted by Gasteiger charge is -2.04. The van der Waals surface area contributed by atoms with Crippen molar-refractivity contribution in [1.29, 1.82) is 5.26 Å². The van der Waals surface area contributed by atoms with E-state index in [2.05, 4.69) is 22.4 Å². The van der Waals surface area contributed by atoms with Crippen LogP contribution in [-0.2, 0) is 0 Å². The summed E-state index contributed by atoms with van der Waals surface area (Å²) < 4.78 is 0. The van der Waals surface area contributed by atoms with Crippen molar-refractivity contribution in [3.8, 4) is 17.3 Å². The van der Waals surface area contributed by atoms with Gasteiger partial charge < -0.3 is 5.32 Å². The summed E-state index contributed by atoms with van der Waals surface area (Å²) in [5, 5.41) is 25.9. The summed E-state index contributed by atoms with van der Waals surface area (Å²) in [6, 6.07) is 14.5. The standard InChI is InChI=1S/C20H16N4O2S/c1-13-7-8-16(14(2)9-13)18-12-27-20(23-18)15(10-21)11-22-17-5-3-4-6-19(17)24(25)26/h3-9,11-12,22H,1-2H3/b15-11+. The van der Waals surface area contributed by atoms with Gasteiger partial charge in [0.2, 0.25) is 0 Å². The van der Waals surface area contributed by atoms with E-state index < -0.39 is 4.92 Å². The van der Waals surface area contributed by atoms with Gasteiger partial charge in [0.25, 0.3) is 5.69 Å². The number of benzene rings is 2. The van der Waals surface area contributed by atoms with E-state index in [4.69, 9.17) is 0 Å². The van der Waals surface area contributed by atoms with Crippen LogP contribution in [0.25, 0.3) is 16.8 Å². The smallest absolute Gasteiger partial charge is 0.292 e. The highest BCUT2D eigenvalue weighted by Gasteiger charge is 2.13. The molecule has 0 aliphatic heterocycles. The Morgan fingerprint density at radius 1 is 1.30 bits per heavy atom. The lowest BCUT2D eigenvalue weighted by atomic mass is 10.0. The number of rotatable bonds is 5. The fourth-order valence-corrected chi connectivity index (χ4v) is 3.45. The molecule has 1 N–H and O–H groups in total. The Morgan fingerprint density at radius 3 is 2.78 bits per heavy atom. The van der Waals surface area contributed by atoms with E-state index in [0.29, 0.717) is 16.3 Å². The van der Waals surface area contributed by atoms with Crippen LogP contribution in [-0.4, -0.2) is 9.91 Å². The topological polar surface area (TPSA) is 91.8 Å². The van der Waals surface area contributed by atoms with Gasteiger partial charge in [-0.1, -0.05) is 35.9 Å². The molecule has 0 fully saturated rings. The van der Waals surface area contributed by atoms with Crippen LogP contribution in [0.15, 0.2) is 54.0 Å². The molecule has 2 aromatic carbocycles. The van der Waals surface area contributed by atoms with Crippen molar-refractivity contribution in [3.05, 3.63) is 80.3 Å². The maximum atomic E-state index is 11.1. The van der Waals surface area contributed by atoms with E-state index in [0.717, 1.165) is 16.8 Å². The highest BCUT2D eigenvalue weighted by atomic mass is 32.1. The van der Waals surface area contributed by atoms with Crippen LogP contribution in [0.2, 0.25) is 0 Å². The highest BCUT2D eigenvalue weighted by Crippen LogP contribution is 2.29. The van der Waals surface area contributed by atoms with Crippen molar-refractivity contribution in [3.63, 3.8) is 0 Å². The summed E-state index contributed by atoms with van der Waals surface area (Å²) in [6.45, 7) is 4.06. The third-order valence-corrected chi connectivity index (χ3v) is 4.86. The first-order chi connectivity index (χ1) is 13.0. The van der Waals surface area contributed by atoms with Crippen LogP contribution >= 0.6 is 11.3 Å². The van der Waals surface area contributed by atoms with Gasteiger partial charge in [0.05, 0.1) is 10.6 Å². The van der Waals surface area contributed by atoms with Crippen molar-refractivity contribution in [2.45, 2.75) is 13.8 Å². The molecule has 0 saturated carbocycles. The third kappa shape index (κ3) is 4.02. The molecule has 0 amide bonds. The van der Waals surface area contributed by atoms with Crippen molar-refractivity contribution in [2.75, 3.05) is 5.32 Å². The average molecular weight is 376 g/mol. The molecule has 0 atom stereocenters. The number of hydrogen-bond donors (Lipinski definition) is 1. The second kappa shape index (κ2) is 7.81. The molecule has 0 radical (unpaired) electrons. The molecule has 0 unspecified atom stereocenters. The number of allylic oxidation sites excluding steroid dienone is 1. The van der Waals surface area contributed by atoms with Crippen LogP contribution in [0.4, 0.5) is 11.4 Å². The van der Waals surface area contributed by atoms with E-state index in [1.165, 1.54) is 29.2 Å². The first-order valence-electron chi connectivity index (χ1n) is 8.13. The lowest BCUT2D eigenvalue weighted by Crippen LogP contribution is -1.96. The van der Waals surface area contributed by atoms with Gasteiger partial charge in [0, 0.05) is 23.2 Å². The second-order valence-corrected chi connectivity index (χ2v) is 6.80. The molecule has 3 rings (SSSR count). The van der Waals surface area contributed by atoms with Gasteiger partial charge in [-0.05, 0) is 25.5 Å². The number of para-hydroxylation sites is 2. The predicted molar refractivity (Wildman–Crippen MR) is 107 cm³/mol. The Kier molecular flexibility index (Phi) is 5.29. The molecule has 0 aliphatic carbocycles. The number of aryl methyl sites for hydroxylation is 2. The monoisotopic (exact) mass is 376 g/mol. The van der Waals surface area contributed by atoms with Gasteiger partial charge in [-0.2, -0.15) is 5.26 Å². The third-order valence-electron chi connectivity index (χ3n) is 3.99. The molecular weight excluding hydrogens is 360 g/mol. The van der Waals surface area contributed by atoms with E-state index in [9.17, 15) is 15.4 Å². The molecule has 1 aromatic heterocycles. The Bertz CT molecular complexity index is 1080. The maximum absolute atomic E-state index is 11.1. The highest BCUT2D eigenvalue weighted by molar-refractivity contribution is 7.11. The molecule has 3 aromatic rings. The van der Waals surface area contributed by atoms with Gasteiger partial charge in [-0.3, -0.25) is 10.1 Å². The van der Waals surface area contributed by atoms with Crippen LogP contribution in [0, 0.1) is 35.3 Å². The summed E-state index contributed by atoms with van der Waals surface area (Å²) in [4.78, 5) is 15.2. The molecule has 0 saturated heterocycles. The van der Waals surface area contributed by atoms with Crippen LogP contribution < -0.4 is 5.32 Å². The fraction of sp³-hybridized carbons (Fsp3) is 0.100. The van der Waals surface area contributed by atoms with Crippen molar-refractivity contribution in [2.24, 2.45) is 0 Å². The quantitative estimate of drug-likeness (QED) is 0.370. The Labute approximate surface area is 160 Å². The van der Waals surface area contributed by atoms with Gasteiger partial charge in [-0.25, -0.2) is 4.98 Å². The number of nitriles is 1. The summed E-state index contributed by atoms with van der Waals surface area (Å²) >= 11 is 1.36. The Morgan fingerprint density at radius 2 is 2.07 bits per heavy atom. The van der Waals surface area contributed by atoms with E-state index >= 15 is 0 Å². The van der Waals surface area contributed by atoms with Gasteiger partial charge in [0.15, 0.2) is 0 Å². The number of aromatic nitrogens is 1. The molecule has 134 valence electrons. The number of nitro benzene ring substituents is 1. The molecule has 6 nitrogen and oxygen atoms in total. The van der Waals surface area contributed by atoms with E-state index in [1.54, 1.807) is 18.2 Å². The Balaban J connectivity index is 1.89. The Hall–Kier alpha value is -3.50. The number of thiazole rings is 1. The molecule has 0 spiro atoms.